The number of hydrogen-bond acceptors (Lipinski definition) is 5. The number of hydrogen-bond donors (Lipinski definition) is 2. The summed E-state index contributed by atoms with van der Waals surface area (Å²) in [4.78, 5) is 24.8. The Morgan fingerprint density at radius 1 is 1.04 bits per heavy atom. The number of anilines is 1. The molecule has 2 rings (SSSR count). The molecule has 0 radical (unpaired) electrons. The highest BCUT2D eigenvalue weighted by atomic mass is 32.2. The van der Waals surface area contributed by atoms with Crippen molar-refractivity contribution in [3.63, 3.8) is 0 Å². The highest BCUT2D eigenvalue weighted by Gasteiger charge is 2.21. The van der Waals surface area contributed by atoms with Gasteiger partial charge in [-0.25, -0.2) is 0 Å². The van der Waals surface area contributed by atoms with Gasteiger partial charge in [-0.1, -0.05) is 18.2 Å². The lowest BCUT2D eigenvalue weighted by atomic mass is 10.2. The van der Waals surface area contributed by atoms with E-state index in [4.69, 9.17) is 9.47 Å². The molecular weight excluding hydrogens is 364 g/mol. The standard InChI is InChI=1S/C20H24N2O4S/c1-25-16-10-8-15(9-11-16)21-20(24)18(12-13-27-2)22-19(23)14-26-17-6-4-3-5-7-17/h3-11,18H,12-14H2,1-2H3,(H,21,24)(H,22,23). The molecule has 0 aliphatic carbocycles. The number of ether oxygens (including phenoxy) is 2. The van der Waals surface area contributed by atoms with Crippen LogP contribution in [0, 0.1) is 0 Å². The van der Waals surface area contributed by atoms with Crippen molar-refractivity contribution in [2.45, 2.75) is 12.5 Å². The number of carbonyl (C=O) groups is 2. The van der Waals surface area contributed by atoms with Crippen molar-refractivity contribution in [2.75, 3.05) is 31.0 Å². The van der Waals surface area contributed by atoms with Gasteiger partial charge in [0.15, 0.2) is 6.61 Å². The van der Waals surface area contributed by atoms with Gasteiger partial charge < -0.3 is 20.1 Å². The molecule has 7 heteroatoms. The predicted octanol–water partition coefficient (Wildman–Crippen LogP) is 2.95. The van der Waals surface area contributed by atoms with E-state index in [9.17, 15) is 9.59 Å². The van der Waals surface area contributed by atoms with Crippen LogP contribution in [-0.2, 0) is 9.59 Å². The van der Waals surface area contributed by atoms with E-state index in [0.717, 1.165) is 5.75 Å². The van der Waals surface area contributed by atoms with Gasteiger partial charge in [0.2, 0.25) is 5.91 Å². The topological polar surface area (TPSA) is 76.7 Å². The minimum atomic E-state index is -0.633. The lowest BCUT2D eigenvalue weighted by Gasteiger charge is -2.18. The molecule has 0 aromatic heterocycles. The molecule has 0 aliphatic rings. The van der Waals surface area contributed by atoms with Gasteiger partial charge in [-0.05, 0) is 54.8 Å². The zero-order valence-corrected chi connectivity index (χ0v) is 16.3. The number of rotatable bonds is 10. The van der Waals surface area contributed by atoms with Crippen LogP contribution in [0.2, 0.25) is 0 Å². The maximum atomic E-state index is 12.6. The summed E-state index contributed by atoms with van der Waals surface area (Å²) >= 11 is 1.62. The van der Waals surface area contributed by atoms with E-state index in [0.29, 0.717) is 23.6 Å². The monoisotopic (exact) mass is 388 g/mol. The summed E-state index contributed by atoms with van der Waals surface area (Å²) in [5.74, 6) is 1.46. The van der Waals surface area contributed by atoms with E-state index >= 15 is 0 Å². The second kappa shape index (κ2) is 11.1. The molecule has 2 aromatic carbocycles. The fraction of sp³-hybridized carbons (Fsp3) is 0.300. The fourth-order valence-electron chi connectivity index (χ4n) is 2.31. The highest BCUT2D eigenvalue weighted by Crippen LogP contribution is 2.15. The zero-order valence-electron chi connectivity index (χ0n) is 15.4. The maximum absolute atomic E-state index is 12.6. The Balaban J connectivity index is 1.91. The van der Waals surface area contributed by atoms with Gasteiger partial charge in [-0.3, -0.25) is 9.59 Å². The van der Waals surface area contributed by atoms with Crippen LogP contribution in [0.3, 0.4) is 0 Å². The van der Waals surface area contributed by atoms with Crippen molar-refractivity contribution in [1.29, 1.82) is 0 Å². The Bertz CT molecular complexity index is 723. The first-order chi connectivity index (χ1) is 13.1. The third-order valence-corrected chi connectivity index (χ3v) is 4.38. The van der Waals surface area contributed by atoms with E-state index < -0.39 is 6.04 Å². The third-order valence-electron chi connectivity index (χ3n) is 3.73. The first-order valence-electron chi connectivity index (χ1n) is 8.53. The van der Waals surface area contributed by atoms with Crippen LogP contribution in [0.4, 0.5) is 5.69 Å². The Hall–Kier alpha value is -2.67. The van der Waals surface area contributed by atoms with Crippen molar-refractivity contribution >= 4 is 29.3 Å². The van der Waals surface area contributed by atoms with Crippen LogP contribution >= 0.6 is 11.8 Å². The summed E-state index contributed by atoms with van der Waals surface area (Å²) < 4.78 is 10.5. The molecule has 0 bridgehead atoms. The van der Waals surface area contributed by atoms with Gasteiger partial charge in [-0.15, -0.1) is 0 Å². The number of benzene rings is 2. The average Bonchev–Trinajstić information content (AvgIpc) is 2.70. The summed E-state index contributed by atoms with van der Waals surface area (Å²) in [6.07, 6.45) is 2.49. The van der Waals surface area contributed by atoms with Crippen LogP contribution in [0.1, 0.15) is 6.42 Å². The number of nitrogens with one attached hydrogen (secondary N) is 2. The van der Waals surface area contributed by atoms with Crippen molar-refractivity contribution in [3.8, 4) is 11.5 Å². The minimum Gasteiger partial charge on any atom is -0.497 e. The Labute approximate surface area is 163 Å². The summed E-state index contributed by atoms with van der Waals surface area (Å²) in [5, 5.41) is 5.57. The van der Waals surface area contributed by atoms with Crippen LogP contribution in [0.15, 0.2) is 54.6 Å². The summed E-state index contributed by atoms with van der Waals surface area (Å²) in [5.41, 5.74) is 0.643. The molecule has 2 aromatic rings. The van der Waals surface area contributed by atoms with Crippen molar-refractivity contribution in [2.24, 2.45) is 0 Å². The second-order valence-electron chi connectivity index (χ2n) is 5.72. The molecule has 1 atom stereocenters. The number of methoxy groups -OCH3 is 1. The van der Waals surface area contributed by atoms with Gasteiger partial charge in [0.25, 0.3) is 5.91 Å². The van der Waals surface area contributed by atoms with Crippen LogP contribution in [-0.4, -0.2) is 43.6 Å². The van der Waals surface area contributed by atoms with Gasteiger partial charge in [0.1, 0.15) is 17.5 Å². The Morgan fingerprint density at radius 2 is 1.74 bits per heavy atom. The molecule has 0 spiro atoms. The van der Waals surface area contributed by atoms with E-state index in [1.807, 2.05) is 24.5 Å². The molecular formula is C20H24N2O4S. The van der Waals surface area contributed by atoms with Crippen LogP contribution in [0.5, 0.6) is 11.5 Å². The first kappa shape index (κ1) is 20.6. The Morgan fingerprint density at radius 3 is 2.37 bits per heavy atom. The summed E-state index contributed by atoms with van der Waals surface area (Å²) in [6.45, 7) is -0.143. The van der Waals surface area contributed by atoms with Gasteiger partial charge in [0, 0.05) is 5.69 Å². The van der Waals surface area contributed by atoms with E-state index in [2.05, 4.69) is 10.6 Å². The van der Waals surface area contributed by atoms with Crippen LogP contribution < -0.4 is 20.1 Å². The molecule has 0 saturated heterocycles. The van der Waals surface area contributed by atoms with E-state index in [1.54, 1.807) is 55.3 Å². The molecule has 2 amide bonds. The SMILES string of the molecule is COc1ccc(NC(=O)C(CCSC)NC(=O)COc2ccccc2)cc1. The number of para-hydroxylation sites is 1. The van der Waals surface area contributed by atoms with Crippen molar-refractivity contribution < 1.29 is 19.1 Å². The van der Waals surface area contributed by atoms with Crippen LogP contribution in [0.25, 0.3) is 0 Å². The summed E-state index contributed by atoms with van der Waals surface area (Å²) in [6, 6.07) is 15.5. The molecule has 144 valence electrons. The molecule has 6 nitrogen and oxygen atoms in total. The summed E-state index contributed by atoms with van der Waals surface area (Å²) in [7, 11) is 1.58. The lowest BCUT2D eigenvalue weighted by molar-refractivity contribution is -0.127. The molecule has 0 fully saturated rings. The maximum Gasteiger partial charge on any atom is 0.258 e. The first-order valence-corrected chi connectivity index (χ1v) is 9.93. The average molecular weight is 388 g/mol. The molecule has 2 N–H and O–H groups in total. The Kier molecular flexibility index (Phi) is 8.51. The number of thioether (sulfide) groups is 1. The molecule has 27 heavy (non-hydrogen) atoms. The zero-order chi connectivity index (χ0) is 19.5. The molecule has 0 heterocycles. The fourth-order valence-corrected chi connectivity index (χ4v) is 2.78. The normalized spacial score (nSPS) is 11.3. The second-order valence-corrected chi connectivity index (χ2v) is 6.71. The van der Waals surface area contributed by atoms with Gasteiger partial charge >= 0.3 is 0 Å². The van der Waals surface area contributed by atoms with E-state index in [1.165, 1.54) is 0 Å². The van der Waals surface area contributed by atoms with E-state index in [-0.39, 0.29) is 18.4 Å². The quantitative estimate of drug-likeness (QED) is 0.654. The largest absolute Gasteiger partial charge is 0.497 e. The number of amides is 2. The smallest absolute Gasteiger partial charge is 0.258 e. The lowest BCUT2D eigenvalue weighted by Crippen LogP contribution is -2.45. The number of carbonyl (C=O) groups excluding carboxylic acids is 2. The third kappa shape index (κ3) is 7.22. The highest BCUT2D eigenvalue weighted by molar-refractivity contribution is 7.98. The van der Waals surface area contributed by atoms with Crippen molar-refractivity contribution in [3.05, 3.63) is 54.6 Å². The molecule has 1 unspecified atom stereocenters. The van der Waals surface area contributed by atoms with Crippen molar-refractivity contribution in [1.82, 2.24) is 5.32 Å². The molecule has 0 saturated carbocycles. The predicted molar refractivity (Wildman–Crippen MR) is 108 cm³/mol. The molecule has 0 aliphatic heterocycles. The minimum absolute atomic E-state index is 0.143. The van der Waals surface area contributed by atoms with Gasteiger partial charge in [0.05, 0.1) is 7.11 Å². The van der Waals surface area contributed by atoms with Gasteiger partial charge in [-0.2, -0.15) is 11.8 Å².